The number of nitrogens with zero attached hydrogens (tertiary/aromatic N) is 3. The van der Waals surface area contributed by atoms with E-state index < -0.39 is 0 Å². The summed E-state index contributed by atoms with van der Waals surface area (Å²) in [6.07, 6.45) is 8.22. The van der Waals surface area contributed by atoms with E-state index in [2.05, 4.69) is 15.5 Å². The maximum Gasteiger partial charge on any atom is 0.231 e. The molecule has 7 nitrogen and oxygen atoms in total. The summed E-state index contributed by atoms with van der Waals surface area (Å²) in [5.74, 6) is 1.82. The Kier molecular flexibility index (Phi) is 4.96. The number of rotatable bonds is 4. The van der Waals surface area contributed by atoms with E-state index in [0.717, 1.165) is 44.9 Å². The quantitative estimate of drug-likeness (QED) is 0.889. The number of carbonyl (C=O) groups excluding carboxylic acids is 2. The molecule has 1 saturated heterocycles. The van der Waals surface area contributed by atoms with Gasteiger partial charge in [-0.05, 0) is 39.0 Å². The highest BCUT2D eigenvalue weighted by atomic mass is 16.5. The molecule has 0 spiro atoms. The fourth-order valence-corrected chi connectivity index (χ4v) is 4.31. The SMILES string of the molecule is Cc1noc([C@H]2CCN(C(=O)C3CCCCC3)C[C@H]2NC(=O)C2CC2)n1. The molecule has 2 heterocycles. The van der Waals surface area contributed by atoms with Crippen molar-refractivity contribution in [1.29, 1.82) is 0 Å². The summed E-state index contributed by atoms with van der Waals surface area (Å²) < 4.78 is 5.39. The standard InChI is InChI=1S/C19H28N4O3/c1-12-20-18(26-22-12)15-9-10-23(19(25)14-5-3-2-4-6-14)11-16(15)21-17(24)13-7-8-13/h13-16H,2-11H2,1H3,(H,21,24)/t15-,16+/m0/s1. The fourth-order valence-electron chi connectivity index (χ4n) is 4.31. The Morgan fingerprint density at radius 3 is 2.50 bits per heavy atom. The van der Waals surface area contributed by atoms with Gasteiger partial charge in [-0.25, -0.2) is 0 Å². The van der Waals surface area contributed by atoms with E-state index >= 15 is 0 Å². The van der Waals surface area contributed by atoms with Gasteiger partial charge in [-0.3, -0.25) is 9.59 Å². The first-order valence-corrected chi connectivity index (χ1v) is 10.0. The van der Waals surface area contributed by atoms with Crippen molar-refractivity contribution in [3.63, 3.8) is 0 Å². The third kappa shape index (κ3) is 3.76. The predicted molar refractivity (Wildman–Crippen MR) is 94.2 cm³/mol. The number of nitrogens with one attached hydrogen (secondary N) is 1. The van der Waals surface area contributed by atoms with E-state index in [1.54, 1.807) is 6.92 Å². The molecule has 1 aromatic heterocycles. The van der Waals surface area contributed by atoms with Crippen LogP contribution in [0.1, 0.15) is 69.0 Å². The lowest BCUT2D eigenvalue weighted by molar-refractivity contribution is -0.139. The molecule has 2 amide bonds. The van der Waals surface area contributed by atoms with Crippen LogP contribution in [0.25, 0.3) is 0 Å². The van der Waals surface area contributed by atoms with E-state index in [1.807, 2.05) is 4.90 Å². The zero-order valence-corrected chi connectivity index (χ0v) is 15.4. The highest BCUT2D eigenvalue weighted by molar-refractivity contribution is 5.82. The minimum atomic E-state index is -0.149. The summed E-state index contributed by atoms with van der Waals surface area (Å²) in [5.41, 5.74) is 0. The molecule has 7 heteroatoms. The highest BCUT2D eigenvalue weighted by Crippen LogP contribution is 2.33. The van der Waals surface area contributed by atoms with Crippen LogP contribution >= 0.6 is 0 Å². The number of likely N-dealkylation sites (tertiary alicyclic amines) is 1. The van der Waals surface area contributed by atoms with Gasteiger partial charge in [0.25, 0.3) is 0 Å². The van der Waals surface area contributed by atoms with Gasteiger partial charge in [0.05, 0.1) is 12.0 Å². The number of aromatic nitrogens is 2. The average molecular weight is 360 g/mol. The topological polar surface area (TPSA) is 88.3 Å². The molecule has 0 unspecified atom stereocenters. The van der Waals surface area contributed by atoms with E-state index in [9.17, 15) is 9.59 Å². The minimum absolute atomic E-state index is 0.0192. The molecule has 4 rings (SSSR count). The van der Waals surface area contributed by atoms with E-state index in [-0.39, 0.29) is 35.6 Å². The predicted octanol–water partition coefficient (Wildman–Crippen LogP) is 2.17. The van der Waals surface area contributed by atoms with Gasteiger partial charge in [-0.15, -0.1) is 0 Å². The molecule has 142 valence electrons. The second kappa shape index (κ2) is 7.37. The zero-order valence-electron chi connectivity index (χ0n) is 15.4. The normalized spacial score (nSPS) is 27.3. The Bertz CT molecular complexity index is 663. The van der Waals surface area contributed by atoms with Crippen molar-refractivity contribution in [3.8, 4) is 0 Å². The summed E-state index contributed by atoms with van der Waals surface area (Å²) in [6.45, 7) is 3.03. The molecule has 2 atom stereocenters. The van der Waals surface area contributed by atoms with Gasteiger partial charge in [0, 0.05) is 24.9 Å². The largest absolute Gasteiger partial charge is 0.351 e. The number of amides is 2. The number of hydrogen-bond donors (Lipinski definition) is 1. The van der Waals surface area contributed by atoms with Gasteiger partial charge in [0.1, 0.15) is 0 Å². The Labute approximate surface area is 153 Å². The van der Waals surface area contributed by atoms with Crippen molar-refractivity contribution in [3.05, 3.63) is 11.7 Å². The highest BCUT2D eigenvalue weighted by Gasteiger charge is 2.40. The Balaban J connectivity index is 1.47. The molecule has 1 aliphatic heterocycles. The smallest absolute Gasteiger partial charge is 0.231 e. The van der Waals surface area contributed by atoms with Crippen molar-refractivity contribution in [2.24, 2.45) is 11.8 Å². The summed E-state index contributed by atoms with van der Waals surface area (Å²) >= 11 is 0. The van der Waals surface area contributed by atoms with Crippen LogP contribution in [0.2, 0.25) is 0 Å². The van der Waals surface area contributed by atoms with E-state index in [4.69, 9.17) is 4.52 Å². The summed E-state index contributed by atoms with van der Waals surface area (Å²) in [5, 5.41) is 7.07. The summed E-state index contributed by atoms with van der Waals surface area (Å²) in [7, 11) is 0. The number of piperidine rings is 1. The molecule has 26 heavy (non-hydrogen) atoms. The van der Waals surface area contributed by atoms with Crippen LogP contribution in [0.5, 0.6) is 0 Å². The molecule has 0 radical (unpaired) electrons. The third-order valence-corrected chi connectivity index (χ3v) is 6.02. The van der Waals surface area contributed by atoms with Gasteiger partial charge < -0.3 is 14.7 Å². The first-order chi connectivity index (χ1) is 12.6. The Hall–Kier alpha value is -1.92. The van der Waals surface area contributed by atoms with Crippen LogP contribution < -0.4 is 5.32 Å². The molecule has 3 aliphatic rings. The lowest BCUT2D eigenvalue weighted by Crippen LogP contribution is -2.54. The average Bonchev–Trinajstić information content (AvgIpc) is 3.43. The van der Waals surface area contributed by atoms with E-state index in [0.29, 0.717) is 24.8 Å². The molecule has 2 aliphatic carbocycles. The molecule has 0 bridgehead atoms. The number of aryl methyl sites for hydroxylation is 1. The summed E-state index contributed by atoms with van der Waals surface area (Å²) in [6, 6.07) is -0.149. The minimum Gasteiger partial charge on any atom is -0.351 e. The van der Waals surface area contributed by atoms with Gasteiger partial charge in [0.2, 0.25) is 17.7 Å². The molecule has 2 saturated carbocycles. The molecule has 1 N–H and O–H groups in total. The fraction of sp³-hybridized carbons (Fsp3) is 0.789. The molecular weight excluding hydrogens is 332 g/mol. The Morgan fingerprint density at radius 2 is 1.85 bits per heavy atom. The van der Waals surface area contributed by atoms with Gasteiger partial charge in [-0.1, -0.05) is 24.4 Å². The van der Waals surface area contributed by atoms with Crippen LogP contribution in [0.4, 0.5) is 0 Å². The maximum atomic E-state index is 12.9. The second-order valence-corrected chi connectivity index (χ2v) is 8.08. The molecule has 0 aromatic carbocycles. The lowest BCUT2D eigenvalue weighted by Gasteiger charge is -2.39. The lowest BCUT2D eigenvalue weighted by atomic mass is 9.86. The van der Waals surface area contributed by atoms with Crippen LogP contribution in [-0.4, -0.2) is 46.0 Å². The molecular formula is C19H28N4O3. The van der Waals surface area contributed by atoms with Crippen molar-refractivity contribution < 1.29 is 14.1 Å². The third-order valence-electron chi connectivity index (χ3n) is 6.02. The van der Waals surface area contributed by atoms with Crippen molar-refractivity contribution in [2.45, 2.75) is 70.3 Å². The van der Waals surface area contributed by atoms with E-state index in [1.165, 1.54) is 6.42 Å². The second-order valence-electron chi connectivity index (χ2n) is 8.08. The van der Waals surface area contributed by atoms with Crippen molar-refractivity contribution >= 4 is 11.8 Å². The van der Waals surface area contributed by atoms with Crippen LogP contribution in [-0.2, 0) is 9.59 Å². The summed E-state index contributed by atoms with van der Waals surface area (Å²) in [4.78, 5) is 31.6. The zero-order chi connectivity index (χ0) is 18.1. The number of carbonyl (C=O) groups is 2. The molecule has 3 fully saturated rings. The maximum absolute atomic E-state index is 12.9. The van der Waals surface area contributed by atoms with Crippen LogP contribution in [0.15, 0.2) is 4.52 Å². The first kappa shape index (κ1) is 17.5. The van der Waals surface area contributed by atoms with Crippen molar-refractivity contribution in [1.82, 2.24) is 20.4 Å². The van der Waals surface area contributed by atoms with Gasteiger partial charge >= 0.3 is 0 Å². The van der Waals surface area contributed by atoms with Crippen molar-refractivity contribution in [2.75, 3.05) is 13.1 Å². The number of hydrogen-bond acceptors (Lipinski definition) is 5. The van der Waals surface area contributed by atoms with Crippen LogP contribution in [0.3, 0.4) is 0 Å². The van der Waals surface area contributed by atoms with Gasteiger partial charge in [0.15, 0.2) is 5.82 Å². The first-order valence-electron chi connectivity index (χ1n) is 10.0. The van der Waals surface area contributed by atoms with Gasteiger partial charge in [-0.2, -0.15) is 4.98 Å². The Morgan fingerprint density at radius 1 is 1.08 bits per heavy atom. The van der Waals surface area contributed by atoms with Crippen LogP contribution in [0, 0.1) is 18.8 Å². The monoisotopic (exact) mass is 360 g/mol. The molecule has 1 aromatic rings.